The van der Waals surface area contributed by atoms with Crippen molar-refractivity contribution >= 4 is 11.6 Å². The SMILES string of the molecule is C=C(C)[C@H]1CC[C@H]2[C@@H]3CC[C@@H]4C[C@](O)(C#CCl)CC[C@@H]4[C@H]3CC[C@]12C. The van der Waals surface area contributed by atoms with Gasteiger partial charge in [0.1, 0.15) is 5.60 Å². The standard InChI is InChI=1S/C23H33ClO/c1-15(2)20-6-7-21-19-5-4-16-14-23(25,12-13-24)11-9-17(16)18(19)8-10-22(20,21)3/h16-21,25H,1,4-11,14H2,2-3H3/t16-,17+,18-,19-,20-,21+,22-,23-/m1/s1. The number of fused-ring (bicyclic) bond motifs is 5. The molecule has 0 aliphatic heterocycles. The van der Waals surface area contributed by atoms with Gasteiger partial charge < -0.3 is 5.11 Å². The van der Waals surface area contributed by atoms with E-state index in [4.69, 9.17) is 11.6 Å². The largest absolute Gasteiger partial charge is 0.378 e. The Hall–Kier alpha value is -0.450. The van der Waals surface area contributed by atoms with E-state index in [1.807, 2.05) is 0 Å². The van der Waals surface area contributed by atoms with Gasteiger partial charge in [0.05, 0.1) is 0 Å². The molecule has 1 nitrogen and oxygen atoms in total. The molecule has 0 spiro atoms. The molecular weight excluding hydrogens is 328 g/mol. The predicted octanol–water partition coefficient (Wildman–Crippen LogP) is 5.76. The van der Waals surface area contributed by atoms with Crippen LogP contribution in [-0.4, -0.2) is 10.7 Å². The molecule has 4 saturated carbocycles. The van der Waals surface area contributed by atoms with Crippen LogP contribution in [0.1, 0.15) is 71.6 Å². The second-order valence-electron chi connectivity index (χ2n) is 9.95. The van der Waals surface area contributed by atoms with Crippen molar-refractivity contribution in [1.82, 2.24) is 0 Å². The second kappa shape index (κ2) is 6.31. The van der Waals surface area contributed by atoms with E-state index in [2.05, 4.69) is 31.7 Å². The molecule has 0 saturated heterocycles. The van der Waals surface area contributed by atoms with Gasteiger partial charge in [-0.3, -0.25) is 0 Å². The monoisotopic (exact) mass is 360 g/mol. The fourth-order valence-electron chi connectivity index (χ4n) is 7.89. The first-order valence-corrected chi connectivity index (χ1v) is 10.8. The Labute approximate surface area is 158 Å². The Morgan fingerprint density at radius 2 is 1.80 bits per heavy atom. The van der Waals surface area contributed by atoms with E-state index in [1.165, 1.54) is 44.1 Å². The second-order valence-corrected chi connectivity index (χ2v) is 10.1. The summed E-state index contributed by atoms with van der Waals surface area (Å²) in [6.45, 7) is 9.15. The third-order valence-corrected chi connectivity index (χ3v) is 8.98. The molecule has 0 aromatic rings. The number of halogens is 1. The Bertz CT molecular complexity index is 615. The Morgan fingerprint density at radius 3 is 2.52 bits per heavy atom. The fourth-order valence-corrected chi connectivity index (χ4v) is 8.07. The number of allylic oxidation sites excluding steroid dienone is 1. The van der Waals surface area contributed by atoms with Gasteiger partial charge in [-0.25, -0.2) is 0 Å². The first-order valence-electron chi connectivity index (χ1n) is 10.4. The minimum absolute atomic E-state index is 0.499. The molecule has 0 heterocycles. The van der Waals surface area contributed by atoms with Crippen LogP contribution in [0, 0.1) is 52.2 Å². The lowest BCUT2D eigenvalue weighted by atomic mass is 9.49. The molecule has 25 heavy (non-hydrogen) atoms. The lowest BCUT2D eigenvalue weighted by molar-refractivity contribution is -0.0872. The van der Waals surface area contributed by atoms with Gasteiger partial charge in [0.25, 0.3) is 0 Å². The molecular formula is C23H33ClO. The molecule has 0 amide bonds. The lowest BCUT2D eigenvalue weighted by Gasteiger charge is -2.57. The van der Waals surface area contributed by atoms with Crippen molar-refractivity contribution in [3.05, 3.63) is 12.2 Å². The fraction of sp³-hybridized carbons (Fsp3) is 0.826. The minimum atomic E-state index is -0.822. The quantitative estimate of drug-likeness (QED) is 0.465. The highest BCUT2D eigenvalue weighted by atomic mass is 35.5. The molecule has 8 atom stereocenters. The van der Waals surface area contributed by atoms with Crippen molar-refractivity contribution in [3.63, 3.8) is 0 Å². The van der Waals surface area contributed by atoms with E-state index < -0.39 is 5.60 Å². The average molecular weight is 361 g/mol. The van der Waals surface area contributed by atoms with Crippen molar-refractivity contribution in [2.75, 3.05) is 0 Å². The van der Waals surface area contributed by atoms with Crippen LogP contribution in [0.4, 0.5) is 0 Å². The molecule has 0 unspecified atom stereocenters. The summed E-state index contributed by atoms with van der Waals surface area (Å²) in [6.07, 6.45) is 11.0. The van der Waals surface area contributed by atoms with Crippen LogP contribution in [-0.2, 0) is 0 Å². The van der Waals surface area contributed by atoms with Crippen molar-refractivity contribution in [2.45, 2.75) is 77.2 Å². The van der Waals surface area contributed by atoms with Crippen LogP contribution in [0.3, 0.4) is 0 Å². The van der Waals surface area contributed by atoms with Gasteiger partial charge in [-0.2, -0.15) is 0 Å². The van der Waals surface area contributed by atoms with Gasteiger partial charge in [0.15, 0.2) is 0 Å². The molecule has 0 aromatic heterocycles. The van der Waals surface area contributed by atoms with E-state index in [0.717, 1.165) is 48.9 Å². The number of aliphatic hydroxyl groups is 1. The van der Waals surface area contributed by atoms with Crippen LogP contribution in [0.5, 0.6) is 0 Å². The maximum Gasteiger partial charge on any atom is 0.127 e. The zero-order valence-electron chi connectivity index (χ0n) is 15.9. The first-order chi connectivity index (χ1) is 11.9. The normalized spacial score (nSPS) is 51.5. The molecule has 4 aliphatic rings. The van der Waals surface area contributed by atoms with E-state index in [1.54, 1.807) is 0 Å². The maximum absolute atomic E-state index is 10.7. The van der Waals surface area contributed by atoms with Crippen LogP contribution in [0.25, 0.3) is 0 Å². The topological polar surface area (TPSA) is 20.2 Å². The van der Waals surface area contributed by atoms with E-state index in [9.17, 15) is 5.11 Å². The van der Waals surface area contributed by atoms with Crippen LogP contribution in [0.15, 0.2) is 12.2 Å². The van der Waals surface area contributed by atoms with Crippen molar-refractivity contribution in [1.29, 1.82) is 0 Å². The highest BCUT2D eigenvalue weighted by Crippen LogP contribution is 2.65. The maximum atomic E-state index is 10.7. The summed E-state index contributed by atoms with van der Waals surface area (Å²) in [6, 6.07) is 0. The Kier molecular flexibility index (Phi) is 4.53. The van der Waals surface area contributed by atoms with Gasteiger partial charge in [0.2, 0.25) is 0 Å². The lowest BCUT2D eigenvalue weighted by Crippen LogP contribution is -2.50. The summed E-state index contributed by atoms with van der Waals surface area (Å²) in [5.41, 5.74) is 1.09. The smallest absolute Gasteiger partial charge is 0.127 e. The molecule has 0 bridgehead atoms. The van der Waals surface area contributed by atoms with Gasteiger partial charge in [0, 0.05) is 5.38 Å². The third kappa shape index (κ3) is 2.80. The van der Waals surface area contributed by atoms with Gasteiger partial charge in [-0.05, 0) is 117 Å². The van der Waals surface area contributed by atoms with Crippen LogP contribution < -0.4 is 0 Å². The van der Waals surface area contributed by atoms with Crippen LogP contribution >= 0.6 is 11.6 Å². The Balaban J connectivity index is 1.53. The van der Waals surface area contributed by atoms with E-state index in [0.29, 0.717) is 11.3 Å². The zero-order chi connectivity index (χ0) is 17.8. The van der Waals surface area contributed by atoms with Crippen LogP contribution in [0.2, 0.25) is 0 Å². The molecule has 4 aliphatic carbocycles. The Morgan fingerprint density at radius 1 is 1.04 bits per heavy atom. The van der Waals surface area contributed by atoms with Gasteiger partial charge in [-0.15, -0.1) is 0 Å². The predicted molar refractivity (Wildman–Crippen MR) is 104 cm³/mol. The van der Waals surface area contributed by atoms with E-state index >= 15 is 0 Å². The highest BCUT2D eigenvalue weighted by Gasteiger charge is 2.57. The van der Waals surface area contributed by atoms with Crippen molar-refractivity contribution < 1.29 is 5.11 Å². The first kappa shape index (κ1) is 17.9. The number of hydrogen-bond acceptors (Lipinski definition) is 1. The summed E-state index contributed by atoms with van der Waals surface area (Å²) in [5.74, 6) is 7.79. The zero-order valence-corrected chi connectivity index (χ0v) is 16.6. The summed E-state index contributed by atoms with van der Waals surface area (Å²) in [5, 5.41) is 13.2. The molecule has 2 heteroatoms. The summed E-state index contributed by atoms with van der Waals surface area (Å²) >= 11 is 5.60. The highest BCUT2D eigenvalue weighted by molar-refractivity contribution is 6.30. The van der Waals surface area contributed by atoms with Gasteiger partial charge >= 0.3 is 0 Å². The summed E-state index contributed by atoms with van der Waals surface area (Å²) in [4.78, 5) is 0. The molecule has 4 fully saturated rings. The van der Waals surface area contributed by atoms with Crippen molar-refractivity contribution in [3.8, 4) is 11.3 Å². The number of rotatable bonds is 1. The molecule has 1 N–H and O–H groups in total. The molecule has 138 valence electrons. The summed E-state index contributed by atoms with van der Waals surface area (Å²) in [7, 11) is 0. The van der Waals surface area contributed by atoms with E-state index in [-0.39, 0.29) is 0 Å². The minimum Gasteiger partial charge on any atom is -0.378 e. The molecule has 0 radical (unpaired) electrons. The van der Waals surface area contributed by atoms with Crippen molar-refractivity contribution in [2.24, 2.45) is 40.9 Å². The third-order valence-electron chi connectivity index (χ3n) is 8.88. The average Bonchev–Trinajstić information content (AvgIpc) is 2.91. The van der Waals surface area contributed by atoms with Gasteiger partial charge in [-0.1, -0.05) is 25.0 Å². The molecule has 0 aromatic carbocycles. The summed E-state index contributed by atoms with van der Waals surface area (Å²) < 4.78 is 0. The molecule has 4 rings (SSSR count). The number of hydrogen-bond donors (Lipinski definition) is 1.